The second-order valence-electron chi connectivity index (χ2n) is 18.7. The third kappa shape index (κ3) is 11.6. The summed E-state index contributed by atoms with van der Waals surface area (Å²) in [5.74, 6) is 0.842. The lowest BCUT2D eigenvalue weighted by Crippen LogP contribution is -2.40. The predicted molar refractivity (Wildman–Crippen MR) is 229 cm³/mol. The number of likely N-dealkylation sites (tertiary alicyclic amines) is 5. The maximum atomic E-state index is 14.5. The lowest BCUT2D eigenvalue weighted by molar-refractivity contribution is 0.00704. The van der Waals surface area contributed by atoms with Gasteiger partial charge < -0.3 is 34.6 Å². The number of anilines is 2. The number of piperidine rings is 2. The molecular formula is C47H70N6O4. The molecule has 0 radical (unpaired) electrons. The molecule has 312 valence electrons. The average Bonchev–Trinajstić information content (AvgIpc) is 4.03. The first-order valence-electron chi connectivity index (χ1n) is 22.6. The van der Waals surface area contributed by atoms with Gasteiger partial charge >= 0.3 is 5.97 Å². The van der Waals surface area contributed by atoms with Gasteiger partial charge in [0.15, 0.2) is 0 Å². The van der Waals surface area contributed by atoms with Gasteiger partial charge in [-0.25, -0.2) is 4.79 Å². The zero-order chi connectivity index (χ0) is 39.8. The van der Waals surface area contributed by atoms with E-state index >= 15 is 0 Å². The Labute approximate surface area is 342 Å². The molecule has 2 aromatic rings. The topological polar surface area (TPSA) is 88.7 Å². The highest BCUT2D eigenvalue weighted by Gasteiger charge is 2.30. The summed E-state index contributed by atoms with van der Waals surface area (Å²) in [5.41, 5.74) is 3.11. The number of amides is 2. The zero-order valence-corrected chi connectivity index (χ0v) is 35.4. The van der Waals surface area contributed by atoms with Crippen LogP contribution in [0.2, 0.25) is 0 Å². The van der Waals surface area contributed by atoms with Crippen molar-refractivity contribution in [2.45, 2.75) is 110 Å². The monoisotopic (exact) mass is 783 g/mol. The zero-order valence-electron chi connectivity index (χ0n) is 35.4. The van der Waals surface area contributed by atoms with Crippen LogP contribution in [0, 0.1) is 11.8 Å². The van der Waals surface area contributed by atoms with E-state index in [4.69, 9.17) is 4.74 Å². The smallest absolute Gasteiger partial charge is 0.340 e. The number of nitrogens with one attached hydrogen (secondary N) is 1. The number of ether oxygens (including phenoxy) is 1. The van der Waals surface area contributed by atoms with E-state index in [0.717, 1.165) is 90.0 Å². The fourth-order valence-corrected chi connectivity index (χ4v) is 9.71. The molecule has 1 N–H and O–H groups in total. The highest BCUT2D eigenvalue weighted by molar-refractivity contribution is 6.04. The molecule has 0 aliphatic carbocycles. The minimum Gasteiger partial charge on any atom is -0.456 e. The van der Waals surface area contributed by atoms with Crippen molar-refractivity contribution in [3.63, 3.8) is 0 Å². The molecule has 2 amide bonds. The van der Waals surface area contributed by atoms with Gasteiger partial charge in [-0.2, -0.15) is 0 Å². The molecule has 0 aromatic heterocycles. The Hall–Kier alpha value is -3.47. The molecule has 5 aliphatic rings. The predicted octanol–water partition coefficient (Wildman–Crippen LogP) is 7.70. The largest absolute Gasteiger partial charge is 0.456 e. The van der Waals surface area contributed by atoms with Crippen LogP contribution < -0.4 is 5.32 Å². The normalized spacial score (nSPS) is 20.8. The molecule has 5 fully saturated rings. The minimum atomic E-state index is -0.668. The molecule has 0 saturated carbocycles. The molecule has 10 heteroatoms. The second kappa shape index (κ2) is 19.5. The molecule has 5 heterocycles. The van der Waals surface area contributed by atoms with Crippen LogP contribution in [0.25, 0.3) is 0 Å². The second-order valence-corrected chi connectivity index (χ2v) is 18.7. The first kappa shape index (κ1) is 41.7. The Balaban J connectivity index is 1.11. The summed E-state index contributed by atoms with van der Waals surface area (Å²) in [5, 5.41) is 3.56. The highest BCUT2D eigenvalue weighted by atomic mass is 16.6. The number of carbonyl (C=O) groups is 3. The van der Waals surface area contributed by atoms with Crippen LogP contribution in [0.1, 0.15) is 134 Å². The first-order valence-corrected chi connectivity index (χ1v) is 22.6. The molecule has 5 aliphatic heterocycles. The SMILES string of the molecule is CC(C)(C)OC(=O)c1ccc(CCN2CCCC2)cc1Nc1cc(C(=O)N2CCC(CCN3CCCC3)CC2)ccc1C(=O)N1CCC(CCN2CCCC2)CC1. The summed E-state index contributed by atoms with van der Waals surface area (Å²) in [6.07, 6.45) is 15.1. The van der Waals surface area contributed by atoms with E-state index in [1.54, 1.807) is 0 Å². The van der Waals surface area contributed by atoms with Gasteiger partial charge in [0.2, 0.25) is 0 Å². The molecule has 0 atom stereocenters. The lowest BCUT2D eigenvalue weighted by atomic mass is 9.92. The molecule has 10 nitrogen and oxygen atoms in total. The summed E-state index contributed by atoms with van der Waals surface area (Å²) in [7, 11) is 0. The fraction of sp³-hybridized carbons (Fsp3) is 0.681. The molecule has 7 rings (SSSR count). The van der Waals surface area contributed by atoms with Gasteiger partial charge in [-0.15, -0.1) is 0 Å². The van der Waals surface area contributed by atoms with Gasteiger partial charge in [0.1, 0.15) is 5.60 Å². The van der Waals surface area contributed by atoms with Crippen molar-refractivity contribution in [2.75, 3.05) is 90.4 Å². The van der Waals surface area contributed by atoms with Gasteiger partial charge in [-0.3, -0.25) is 9.59 Å². The van der Waals surface area contributed by atoms with Crippen LogP contribution in [0.15, 0.2) is 36.4 Å². The number of benzene rings is 2. The summed E-state index contributed by atoms with van der Waals surface area (Å²) in [6, 6.07) is 11.4. The van der Waals surface area contributed by atoms with Crippen molar-refractivity contribution in [1.82, 2.24) is 24.5 Å². The first-order chi connectivity index (χ1) is 27.6. The van der Waals surface area contributed by atoms with E-state index in [0.29, 0.717) is 39.9 Å². The Morgan fingerprint density at radius 3 is 1.60 bits per heavy atom. The number of nitrogens with zero attached hydrogens (tertiary/aromatic N) is 5. The van der Waals surface area contributed by atoms with Crippen LogP contribution >= 0.6 is 0 Å². The summed E-state index contributed by atoms with van der Waals surface area (Å²) in [4.78, 5) is 54.0. The van der Waals surface area contributed by atoms with Crippen molar-refractivity contribution in [3.8, 4) is 0 Å². The molecule has 0 bridgehead atoms. The van der Waals surface area contributed by atoms with Crippen molar-refractivity contribution in [2.24, 2.45) is 11.8 Å². The summed E-state index contributed by atoms with van der Waals surface area (Å²) >= 11 is 0. The maximum absolute atomic E-state index is 14.5. The maximum Gasteiger partial charge on any atom is 0.340 e. The van der Waals surface area contributed by atoms with E-state index in [-0.39, 0.29) is 11.8 Å². The lowest BCUT2D eigenvalue weighted by Gasteiger charge is -2.34. The van der Waals surface area contributed by atoms with Gasteiger partial charge in [0.25, 0.3) is 11.8 Å². The van der Waals surface area contributed by atoms with Crippen LogP contribution in [0.5, 0.6) is 0 Å². The third-order valence-corrected chi connectivity index (χ3v) is 13.3. The Kier molecular flexibility index (Phi) is 14.3. The van der Waals surface area contributed by atoms with Crippen LogP contribution in [0.4, 0.5) is 11.4 Å². The third-order valence-electron chi connectivity index (χ3n) is 13.3. The van der Waals surface area contributed by atoms with Crippen molar-refractivity contribution >= 4 is 29.2 Å². The Bertz CT molecular complexity index is 1660. The van der Waals surface area contributed by atoms with Crippen molar-refractivity contribution in [3.05, 3.63) is 58.7 Å². The molecule has 5 saturated heterocycles. The van der Waals surface area contributed by atoms with Gasteiger partial charge in [0, 0.05) is 38.3 Å². The van der Waals surface area contributed by atoms with E-state index in [1.807, 2.05) is 67.0 Å². The minimum absolute atomic E-state index is 0.000545. The van der Waals surface area contributed by atoms with Crippen molar-refractivity contribution < 1.29 is 19.1 Å². The highest BCUT2D eigenvalue weighted by Crippen LogP contribution is 2.32. The van der Waals surface area contributed by atoms with E-state index in [9.17, 15) is 14.4 Å². The summed E-state index contributed by atoms with van der Waals surface area (Å²) < 4.78 is 5.89. The molecule has 0 unspecified atom stereocenters. The number of carbonyl (C=O) groups excluding carboxylic acids is 3. The number of hydrogen-bond acceptors (Lipinski definition) is 8. The van der Waals surface area contributed by atoms with Crippen LogP contribution in [-0.2, 0) is 11.2 Å². The van der Waals surface area contributed by atoms with E-state index < -0.39 is 11.6 Å². The average molecular weight is 783 g/mol. The van der Waals surface area contributed by atoms with Gasteiger partial charge in [-0.05, 0) is 204 Å². The van der Waals surface area contributed by atoms with E-state index in [2.05, 4.69) is 20.0 Å². The van der Waals surface area contributed by atoms with Crippen molar-refractivity contribution in [1.29, 1.82) is 0 Å². The Morgan fingerprint density at radius 2 is 1.07 bits per heavy atom. The molecule has 0 spiro atoms. The fourth-order valence-electron chi connectivity index (χ4n) is 9.71. The van der Waals surface area contributed by atoms with E-state index in [1.165, 1.54) is 84.1 Å². The molecule has 57 heavy (non-hydrogen) atoms. The Morgan fingerprint density at radius 1 is 0.596 bits per heavy atom. The van der Waals surface area contributed by atoms with Gasteiger partial charge in [0.05, 0.1) is 22.5 Å². The molecular weight excluding hydrogens is 713 g/mol. The summed E-state index contributed by atoms with van der Waals surface area (Å²) in [6.45, 7) is 19.0. The quantitative estimate of drug-likeness (QED) is 0.195. The number of hydrogen-bond donors (Lipinski definition) is 1. The number of esters is 1. The van der Waals surface area contributed by atoms with Crippen LogP contribution in [0.3, 0.4) is 0 Å². The van der Waals surface area contributed by atoms with Gasteiger partial charge in [-0.1, -0.05) is 6.07 Å². The standard InChI is InChI=1S/C47H70N6O4/c1-47(2,3)57-46(56)41-12-10-38(16-29-51-25-8-9-26-51)34-42(41)48-43-35-39(44(54)52-30-17-36(18-31-52)14-27-49-21-4-5-22-49)11-13-40(43)45(55)53-32-19-37(20-33-53)15-28-50-23-6-7-24-50/h10-13,34-37,48H,4-9,14-33H2,1-3H3. The molecule has 2 aromatic carbocycles. The number of rotatable bonds is 14. The van der Waals surface area contributed by atoms with Crippen LogP contribution in [-0.4, -0.2) is 133 Å².